The van der Waals surface area contributed by atoms with Crippen LogP contribution < -0.4 is 0 Å². The molecule has 12 aromatic rings. The van der Waals surface area contributed by atoms with E-state index in [0.717, 1.165) is 34.4 Å². The van der Waals surface area contributed by atoms with Crippen LogP contribution in [0.2, 0.25) is 0 Å². The minimum atomic E-state index is -4.88. The van der Waals surface area contributed by atoms with Gasteiger partial charge < -0.3 is 4.57 Å². The zero-order valence-corrected chi connectivity index (χ0v) is 39.4. The second-order valence-corrected chi connectivity index (χ2v) is 17.8. The van der Waals surface area contributed by atoms with Crippen molar-refractivity contribution in [3.05, 3.63) is 242 Å². The Balaban J connectivity index is 1.19. The minimum Gasteiger partial charge on any atom is -0.308 e. The topological polar surface area (TPSA) is 69.4 Å². The quantitative estimate of drug-likeness (QED) is 0.135. The number of hydrogen-bond donors (Lipinski definition) is 0. The third kappa shape index (κ3) is 8.86. The third-order valence-corrected chi connectivity index (χ3v) is 13.1. The zero-order chi connectivity index (χ0) is 51.3. The predicted octanol–water partition coefficient (Wildman–Crippen LogP) is 17.1. The zero-order valence-electron chi connectivity index (χ0n) is 39.4. The van der Waals surface area contributed by atoms with Gasteiger partial charge in [0.2, 0.25) is 0 Å². The van der Waals surface area contributed by atoms with Gasteiger partial charge in [0.25, 0.3) is 0 Å². The molecule has 0 spiro atoms. The minimum absolute atomic E-state index is 0.00780. The number of rotatable bonds is 9. The predicted molar refractivity (Wildman–Crippen MR) is 283 cm³/mol. The molecule has 0 amide bonds. The van der Waals surface area contributed by atoms with Gasteiger partial charge in [-0.2, -0.15) is 26.3 Å². The molecule has 0 saturated carbocycles. The fourth-order valence-electron chi connectivity index (χ4n) is 9.73. The summed E-state index contributed by atoms with van der Waals surface area (Å²) in [6.45, 7) is 0. The van der Waals surface area contributed by atoms with E-state index in [1.54, 1.807) is 22.8 Å². The molecule has 0 radical (unpaired) electrons. The molecule has 12 heteroatoms. The fraction of sp³-hybridized carbons (Fsp3) is 0.0317. The lowest BCUT2D eigenvalue weighted by atomic mass is 9.88. The molecular formula is C63H38F6N6. The van der Waals surface area contributed by atoms with E-state index in [4.69, 9.17) is 24.9 Å². The van der Waals surface area contributed by atoms with Gasteiger partial charge in [-0.25, -0.2) is 24.9 Å². The van der Waals surface area contributed by atoms with Gasteiger partial charge in [0.05, 0.1) is 39.2 Å². The Hall–Kier alpha value is -9.55. The lowest BCUT2D eigenvalue weighted by Gasteiger charge is -2.24. The van der Waals surface area contributed by atoms with Crippen LogP contribution in [0.15, 0.2) is 231 Å². The first kappa shape index (κ1) is 46.5. The molecule has 0 aliphatic carbocycles. The van der Waals surface area contributed by atoms with E-state index in [1.165, 1.54) is 36.4 Å². The first-order valence-corrected chi connectivity index (χ1v) is 23.9. The van der Waals surface area contributed by atoms with Crippen LogP contribution in [0.4, 0.5) is 26.3 Å². The van der Waals surface area contributed by atoms with E-state index in [0.29, 0.717) is 56.2 Å². The van der Waals surface area contributed by atoms with Crippen molar-refractivity contribution in [1.29, 1.82) is 0 Å². The molecule has 12 rings (SSSR count). The maximum Gasteiger partial charge on any atom is 0.417 e. The molecule has 0 fully saturated rings. The van der Waals surface area contributed by atoms with E-state index >= 15 is 26.3 Å². The first-order chi connectivity index (χ1) is 36.5. The Morgan fingerprint density at radius 3 is 1.15 bits per heavy atom. The van der Waals surface area contributed by atoms with Crippen LogP contribution in [-0.4, -0.2) is 29.5 Å². The molecule has 6 nitrogen and oxygen atoms in total. The maximum atomic E-state index is 15.5. The number of halogens is 6. The molecule has 0 bridgehead atoms. The van der Waals surface area contributed by atoms with Gasteiger partial charge in [-0.15, -0.1) is 0 Å². The Kier molecular flexibility index (Phi) is 11.7. The van der Waals surface area contributed by atoms with Crippen LogP contribution >= 0.6 is 0 Å². The SMILES string of the molecule is FC(F)(F)c1ccccc1-c1cc(-c2nc(-c3ccccc3)cc(-c3ccccc3)n2)cc(-c2ccccc2C(F)(F)F)c1-n1c2ccccc2c2cc(-c3nc(-c4ccccc4)nc(-c4ccccc4)n3)ccc21. The number of para-hydroxylation sites is 1. The normalized spacial score (nSPS) is 11.9. The van der Waals surface area contributed by atoms with E-state index in [-0.39, 0.29) is 39.3 Å². The molecule has 3 aromatic heterocycles. The standard InChI is InChI=1S/C63H38F6N6/c64-62(65,66)51-30-16-13-27-45(51)49-36-44(61-70-53(39-19-5-1-6-20-39)38-54(71-61)40-21-7-2-8-22-40)37-50(46-28-14-17-31-52(46)63(67,68)69)57(49)75-55-32-18-15-29-47(55)48-35-43(33-34-56(48)75)60-73-58(41-23-9-3-10-24-41)72-59(74-60)42-25-11-4-12-26-42/h1-38H. The van der Waals surface area contributed by atoms with Gasteiger partial charge in [-0.3, -0.25) is 0 Å². The molecular weight excluding hydrogens is 955 g/mol. The van der Waals surface area contributed by atoms with Gasteiger partial charge in [-0.05, 0) is 65.7 Å². The maximum absolute atomic E-state index is 15.5. The fourth-order valence-corrected chi connectivity index (χ4v) is 9.73. The second-order valence-electron chi connectivity index (χ2n) is 17.8. The molecule has 75 heavy (non-hydrogen) atoms. The Bertz CT molecular complexity index is 3890. The van der Waals surface area contributed by atoms with Crippen LogP contribution in [0.5, 0.6) is 0 Å². The average molecular weight is 993 g/mol. The average Bonchev–Trinajstić information content (AvgIpc) is 3.80. The van der Waals surface area contributed by atoms with Crippen molar-refractivity contribution in [3.8, 4) is 96.0 Å². The molecule has 0 atom stereocenters. The van der Waals surface area contributed by atoms with Crippen LogP contribution in [0.1, 0.15) is 11.1 Å². The van der Waals surface area contributed by atoms with Crippen molar-refractivity contribution in [2.75, 3.05) is 0 Å². The Morgan fingerprint density at radius 2 is 0.667 bits per heavy atom. The molecule has 0 unspecified atom stereocenters. The van der Waals surface area contributed by atoms with E-state index in [9.17, 15) is 0 Å². The highest BCUT2D eigenvalue weighted by Crippen LogP contribution is 2.49. The molecule has 0 saturated heterocycles. The summed E-state index contributed by atoms with van der Waals surface area (Å²) in [7, 11) is 0. The van der Waals surface area contributed by atoms with Crippen molar-refractivity contribution < 1.29 is 26.3 Å². The Morgan fingerprint density at radius 1 is 0.280 bits per heavy atom. The van der Waals surface area contributed by atoms with Crippen molar-refractivity contribution in [2.24, 2.45) is 0 Å². The molecule has 0 aliphatic rings. The van der Waals surface area contributed by atoms with Crippen LogP contribution in [0, 0.1) is 0 Å². The van der Waals surface area contributed by atoms with Gasteiger partial charge >= 0.3 is 12.4 Å². The summed E-state index contributed by atoms with van der Waals surface area (Å²) >= 11 is 0. The molecule has 362 valence electrons. The van der Waals surface area contributed by atoms with E-state index in [1.807, 2.05) is 164 Å². The number of alkyl halides is 6. The lowest BCUT2D eigenvalue weighted by molar-refractivity contribution is -0.137. The summed E-state index contributed by atoms with van der Waals surface area (Å²) < 4.78 is 95.0. The van der Waals surface area contributed by atoms with Crippen molar-refractivity contribution in [1.82, 2.24) is 29.5 Å². The van der Waals surface area contributed by atoms with Crippen molar-refractivity contribution in [2.45, 2.75) is 12.4 Å². The lowest BCUT2D eigenvalue weighted by Crippen LogP contribution is -2.11. The summed E-state index contributed by atoms with van der Waals surface area (Å²) in [5.74, 6) is 1.33. The molecule has 3 heterocycles. The molecule has 0 aliphatic heterocycles. The number of nitrogens with zero attached hydrogens (tertiary/aromatic N) is 6. The van der Waals surface area contributed by atoms with Gasteiger partial charge in [-0.1, -0.05) is 176 Å². The van der Waals surface area contributed by atoms with E-state index in [2.05, 4.69) is 0 Å². The molecule has 0 N–H and O–H groups in total. The second kappa shape index (κ2) is 18.8. The van der Waals surface area contributed by atoms with Crippen molar-refractivity contribution >= 4 is 21.8 Å². The molecule has 9 aromatic carbocycles. The van der Waals surface area contributed by atoms with Crippen LogP contribution in [0.3, 0.4) is 0 Å². The van der Waals surface area contributed by atoms with Crippen LogP contribution in [-0.2, 0) is 12.4 Å². The number of benzene rings is 9. The van der Waals surface area contributed by atoms with Crippen molar-refractivity contribution in [3.63, 3.8) is 0 Å². The summed E-state index contributed by atoms with van der Waals surface area (Å²) in [6, 6.07) is 65.7. The van der Waals surface area contributed by atoms with Crippen LogP contribution in [0.25, 0.3) is 118 Å². The van der Waals surface area contributed by atoms with E-state index < -0.39 is 23.5 Å². The highest BCUT2D eigenvalue weighted by atomic mass is 19.4. The van der Waals surface area contributed by atoms with Gasteiger partial charge in [0, 0.05) is 55.3 Å². The first-order valence-electron chi connectivity index (χ1n) is 23.9. The smallest absolute Gasteiger partial charge is 0.308 e. The largest absolute Gasteiger partial charge is 0.417 e. The summed E-state index contributed by atoms with van der Waals surface area (Å²) in [5.41, 5.74) is 3.39. The summed E-state index contributed by atoms with van der Waals surface area (Å²) in [6.07, 6.45) is -9.76. The number of hydrogen-bond acceptors (Lipinski definition) is 5. The highest BCUT2D eigenvalue weighted by Gasteiger charge is 2.37. The third-order valence-electron chi connectivity index (χ3n) is 13.1. The monoisotopic (exact) mass is 992 g/mol. The number of aromatic nitrogens is 6. The summed E-state index contributed by atoms with van der Waals surface area (Å²) in [4.78, 5) is 24.8. The highest BCUT2D eigenvalue weighted by molar-refractivity contribution is 6.12. The van der Waals surface area contributed by atoms with Gasteiger partial charge in [0.1, 0.15) is 0 Å². The number of fused-ring (bicyclic) bond motifs is 3. The summed E-state index contributed by atoms with van der Waals surface area (Å²) in [5, 5.41) is 1.32. The van der Waals surface area contributed by atoms with Gasteiger partial charge in [0.15, 0.2) is 23.3 Å². The Labute approximate surface area is 426 Å².